The summed E-state index contributed by atoms with van der Waals surface area (Å²) in [5.41, 5.74) is 4.31. The first kappa shape index (κ1) is 25.7. The highest BCUT2D eigenvalue weighted by Gasteiger charge is 2.24. The van der Waals surface area contributed by atoms with Gasteiger partial charge in [0.05, 0.1) is 21.0 Å². The zero-order chi connectivity index (χ0) is 27.9. The molecule has 1 amide bonds. The predicted molar refractivity (Wildman–Crippen MR) is 157 cm³/mol. The van der Waals surface area contributed by atoms with Crippen LogP contribution in [0.1, 0.15) is 21.5 Å². The second-order valence-electron chi connectivity index (χ2n) is 9.45. The molecule has 7 nitrogen and oxygen atoms in total. The minimum Gasteiger partial charge on any atom is -0.348 e. The molecule has 40 heavy (non-hydrogen) atoms. The number of benzene rings is 3. The first-order valence-electron chi connectivity index (χ1n) is 12.5. The van der Waals surface area contributed by atoms with Crippen LogP contribution in [0, 0.1) is 6.92 Å². The number of rotatable bonds is 6. The van der Waals surface area contributed by atoms with E-state index in [2.05, 4.69) is 15.3 Å². The average Bonchev–Trinajstić information content (AvgIpc) is 3.36. The molecule has 3 aromatic carbocycles. The van der Waals surface area contributed by atoms with E-state index in [0.29, 0.717) is 39.2 Å². The normalized spacial score (nSPS) is 11.7. The summed E-state index contributed by atoms with van der Waals surface area (Å²) in [4.78, 5) is 22.1. The van der Waals surface area contributed by atoms with E-state index in [1.165, 1.54) is 12.4 Å². The van der Waals surface area contributed by atoms with E-state index in [9.17, 15) is 13.2 Å². The Bertz CT molecular complexity index is 2000. The molecule has 1 N–H and O–H groups in total. The van der Waals surface area contributed by atoms with Gasteiger partial charge in [-0.3, -0.25) is 9.78 Å². The third-order valence-corrected chi connectivity index (χ3v) is 8.67. The van der Waals surface area contributed by atoms with Gasteiger partial charge < -0.3 is 5.32 Å². The third kappa shape index (κ3) is 4.72. The second-order valence-corrected chi connectivity index (χ2v) is 11.7. The van der Waals surface area contributed by atoms with Gasteiger partial charge in [0, 0.05) is 41.5 Å². The Kier molecular flexibility index (Phi) is 6.57. The van der Waals surface area contributed by atoms with E-state index >= 15 is 0 Å². The van der Waals surface area contributed by atoms with Crippen LogP contribution in [-0.4, -0.2) is 28.3 Å². The van der Waals surface area contributed by atoms with Gasteiger partial charge in [-0.1, -0.05) is 65.7 Å². The van der Waals surface area contributed by atoms with Crippen molar-refractivity contribution in [2.24, 2.45) is 0 Å². The van der Waals surface area contributed by atoms with Crippen LogP contribution >= 0.6 is 11.6 Å². The predicted octanol–water partition coefficient (Wildman–Crippen LogP) is 6.38. The van der Waals surface area contributed by atoms with Gasteiger partial charge in [-0.2, -0.15) is 0 Å². The number of hydrogen-bond donors (Lipinski definition) is 1. The maximum absolute atomic E-state index is 13.8. The van der Waals surface area contributed by atoms with Crippen LogP contribution in [0.25, 0.3) is 33.1 Å². The minimum atomic E-state index is -3.99. The van der Waals surface area contributed by atoms with Gasteiger partial charge in [0.1, 0.15) is 0 Å². The molecular formula is C31H23ClN4O3S. The van der Waals surface area contributed by atoms with Crippen LogP contribution < -0.4 is 5.32 Å². The van der Waals surface area contributed by atoms with Crippen LogP contribution in [0.5, 0.6) is 0 Å². The summed E-state index contributed by atoms with van der Waals surface area (Å²) in [5.74, 6) is -0.320. The van der Waals surface area contributed by atoms with Gasteiger partial charge in [0.2, 0.25) is 0 Å². The molecule has 0 aliphatic rings. The van der Waals surface area contributed by atoms with Gasteiger partial charge in [-0.15, -0.1) is 0 Å². The van der Waals surface area contributed by atoms with Crippen LogP contribution in [0.3, 0.4) is 0 Å². The van der Waals surface area contributed by atoms with Crippen molar-refractivity contribution in [1.29, 1.82) is 0 Å². The van der Waals surface area contributed by atoms with Crippen molar-refractivity contribution in [2.45, 2.75) is 18.4 Å². The Balaban J connectivity index is 1.50. The Morgan fingerprint density at radius 2 is 1.73 bits per heavy atom. The lowest BCUT2D eigenvalue weighted by molar-refractivity contribution is 0.0950. The Labute approximate surface area is 236 Å². The molecule has 0 saturated carbocycles. The number of hydrogen-bond acceptors (Lipinski definition) is 5. The number of carbonyl (C=O) groups excluding carboxylic acids is 1. The van der Waals surface area contributed by atoms with E-state index in [4.69, 9.17) is 11.6 Å². The average molecular weight is 567 g/mol. The first-order chi connectivity index (χ1) is 19.3. The molecule has 0 bridgehead atoms. The molecule has 9 heteroatoms. The Morgan fingerprint density at radius 1 is 0.950 bits per heavy atom. The Morgan fingerprint density at radius 3 is 2.50 bits per heavy atom. The fraction of sp³-hybridized carbons (Fsp3) is 0.0645. The van der Waals surface area contributed by atoms with Crippen LogP contribution in [-0.2, 0) is 16.6 Å². The van der Waals surface area contributed by atoms with E-state index in [0.717, 1.165) is 20.5 Å². The number of aryl methyl sites for hydroxylation is 1. The van der Waals surface area contributed by atoms with Gasteiger partial charge in [0.15, 0.2) is 5.65 Å². The van der Waals surface area contributed by atoms with Crippen molar-refractivity contribution in [3.8, 4) is 11.1 Å². The smallest absolute Gasteiger partial charge is 0.269 e. The van der Waals surface area contributed by atoms with Crippen molar-refractivity contribution < 1.29 is 13.2 Å². The molecular weight excluding hydrogens is 544 g/mol. The molecule has 6 rings (SSSR count). The van der Waals surface area contributed by atoms with Crippen LogP contribution in [0.15, 0.2) is 108 Å². The van der Waals surface area contributed by atoms with E-state index in [1.807, 2.05) is 55.5 Å². The zero-order valence-corrected chi connectivity index (χ0v) is 22.9. The fourth-order valence-corrected chi connectivity index (χ4v) is 6.22. The van der Waals surface area contributed by atoms with Crippen LogP contribution in [0.4, 0.5) is 0 Å². The monoisotopic (exact) mass is 566 g/mol. The summed E-state index contributed by atoms with van der Waals surface area (Å²) in [5, 5.41) is 4.64. The van der Waals surface area contributed by atoms with E-state index in [-0.39, 0.29) is 16.4 Å². The molecule has 0 fully saturated rings. The van der Waals surface area contributed by atoms with Gasteiger partial charge in [0.25, 0.3) is 15.9 Å². The fourth-order valence-electron chi connectivity index (χ4n) is 4.62. The number of fused-ring (bicyclic) bond motifs is 2. The summed E-state index contributed by atoms with van der Waals surface area (Å²) in [6, 6.07) is 25.2. The highest BCUT2D eigenvalue weighted by molar-refractivity contribution is 7.90. The number of nitrogens with one attached hydrogen (secondary N) is 1. The summed E-state index contributed by atoms with van der Waals surface area (Å²) < 4.78 is 28.7. The van der Waals surface area contributed by atoms with Crippen molar-refractivity contribution in [1.82, 2.24) is 19.3 Å². The van der Waals surface area contributed by atoms with Crippen molar-refractivity contribution in [3.05, 3.63) is 125 Å². The number of aromatic nitrogens is 3. The first-order valence-corrected chi connectivity index (χ1v) is 14.3. The standard InChI is InChI=1S/C31H23ClN4O3S/c1-20-9-11-25(12-10-20)40(38,39)36-19-27(23-14-22-8-5-13-33-29(22)28(32)16-23)26-15-24(18-34-30(26)36)31(37)35-17-21-6-3-2-4-7-21/h2-16,18-19H,17H2,1H3,(H,35,37). The Hall–Kier alpha value is -4.53. The lowest BCUT2D eigenvalue weighted by Gasteiger charge is -2.08. The lowest BCUT2D eigenvalue weighted by Crippen LogP contribution is -2.23. The zero-order valence-electron chi connectivity index (χ0n) is 21.4. The molecule has 0 spiro atoms. The molecule has 0 aliphatic carbocycles. The van der Waals surface area contributed by atoms with Gasteiger partial charge >= 0.3 is 0 Å². The number of halogens is 1. The maximum atomic E-state index is 13.8. The lowest BCUT2D eigenvalue weighted by atomic mass is 10.0. The second kappa shape index (κ2) is 10.2. The van der Waals surface area contributed by atoms with Crippen molar-refractivity contribution in [2.75, 3.05) is 0 Å². The van der Waals surface area contributed by atoms with Crippen molar-refractivity contribution in [3.63, 3.8) is 0 Å². The highest BCUT2D eigenvalue weighted by atomic mass is 35.5. The summed E-state index contributed by atoms with van der Waals surface area (Å²) in [7, 11) is -3.99. The molecule has 0 unspecified atom stereocenters. The highest BCUT2D eigenvalue weighted by Crippen LogP contribution is 2.36. The molecule has 0 saturated heterocycles. The van der Waals surface area contributed by atoms with Gasteiger partial charge in [-0.25, -0.2) is 17.4 Å². The molecule has 3 heterocycles. The summed E-state index contributed by atoms with van der Waals surface area (Å²) in [6.07, 6.45) is 4.59. The van der Waals surface area contributed by atoms with E-state index in [1.54, 1.807) is 42.6 Å². The number of amides is 1. The molecule has 6 aromatic rings. The van der Waals surface area contributed by atoms with Crippen LogP contribution in [0.2, 0.25) is 5.02 Å². The van der Waals surface area contributed by atoms with E-state index < -0.39 is 10.0 Å². The molecule has 0 aliphatic heterocycles. The number of carbonyl (C=O) groups is 1. The van der Waals surface area contributed by atoms with Gasteiger partial charge in [-0.05, 0) is 54.4 Å². The maximum Gasteiger partial charge on any atom is 0.269 e. The molecule has 0 radical (unpaired) electrons. The topological polar surface area (TPSA) is 94.0 Å². The largest absolute Gasteiger partial charge is 0.348 e. The summed E-state index contributed by atoms with van der Waals surface area (Å²) in [6.45, 7) is 2.24. The SMILES string of the molecule is Cc1ccc(S(=O)(=O)n2cc(-c3cc(Cl)c4ncccc4c3)c3cc(C(=O)NCc4ccccc4)cnc32)cc1. The summed E-state index contributed by atoms with van der Waals surface area (Å²) >= 11 is 6.58. The molecule has 3 aromatic heterocycles. The molecule has 0 atom stereocenters. The quantitative estimate of drug-likeness (QED) is 0.252. The minimum absolute atomic E-state index is 0.133. The number of nitrogens with zero attached hydrogens (tertiary/aromatic N) is 3. The van der Waals surface area contributed by atoms with Crippen molar-refractivity contribution >= 4 is 49.5 Å². The number of pyridine rings is 2. The molecule has 198 valence electrons. The third-order valence-electron chi connectivity index (χ3n) is 6.72.